The van der Waals surface area contributed by atoms with Crippen LogP contribution in [0.5, 0.6) is 5.75 Å². The van der Waals surface area contributed by atoms with Crippen molar-refractivity contribution < 1.29 is 9.47 Å². The summed E-state index contributed by atoms with van der Waals surface area (Å²) in [5, 5.41) is 4.45. The molecule has 0 amide bonds. The predicted molar refractivity (Wildman–Crippen MR) is 69.9 cm³/mol. The number of nitrogens with zero attached hydrogens (tertiary/aromatic N) is 1. The van der Waals surface area contributed by atoms with Crippen LogP contribution in [0.15, 0.2) is 30.5 Å². The molecule has 1 aliphatic rings. The van der Waals surface area contributed by atoms with Gasteiger partial charge in [0, 0.05) is 24.7 Å². The highest BCUT2D eigenvalue weighted by atomic mass is 16.5. The van der Waals surface area contributed by atoms with Crippen LogP contribution in [0.4, 0.5) is 0 Å². The molecular formula is C14H16N2O2. The Morgan fingerprint density at radius 3 is 3.11 bits per heavy atom. The number of rotatable bonds is 2. The van der Waals surface area contributed by atoms with E-state index in [0.717, 1.165) is 36.3 Å². The van der Waals surface area contributed by atoms with Gasteiger partial charge >= 0.3 is 0 Å². The number of methoxy groups -OCH3 is 1. The van der Waals surface area contributed by atoms with Gasteiger partial charge in [0.05, 0.1) is 19.8 Å². The van der Waals surface area contributed by atoms with Crippen LogP contribution in [-0.2, 0) is 4.74 Å². The number of hydrogen-bond acceptors (Lipinski definition) is 4. The van der Waals surface area contributed by atoms with E-state index < -0.39 is 0 Å². The maximum absolute atomic E-state index is 5.81. The van der Waals surface area contributed by atoms with Crippen molar-refractivity contribution in [2.75, 3.05) is 26.8 Å². The molecule has 4 heteroatoms. The summed E-state index contributed by atoms with van der Waals surface area (Å²) < 4.78 is 11.2. The quantitative estimate of drug-likeness (QED) is 0.876. The van der Waals surface area contributed by atoms with Crippen LogP contribution in [0.2, 0.25) is 0 Å². The number of aromatic nitrogens is 1. The SMILES string of the molecule is COc1ccc(C2CNCCO2)c2cccnc12. The standard InChI is InChI=1S/C14H16N2O2/c1-17-12-5-4-10(13-9-15-7-8-18-13)11-3-2-6-16-14(11)12/h2-6,13,15H,7-9H2,1H3. The van der Waals surface area contributed by atoms with Gasteiger partial charge in [0.25, 0.3) is 0 Å². The molecule has 1 fully saturated rings. The minimum Gasteiger partial charge on any atom is -0.494 e. The molecule has 0 spiro atoms. The maximum atomic E-state index is 5.81. The monoisotopic (exact) mass is 244 g/mol. The van der Waals surface area contributed by atoms with Crippen LogP contribution < -0.4 is 10.1 Å². The molecule has 1 aromatic heterocycles. The number of morpholine rings is 1. The number of benzene rings is 1. The van der Waals surface area contributed by atoms with Gasteiger partial charge in [-0.2, -0.15) is 0 Å². The molecule has 1 unspecified atom stereocenters. The fourth-order valence-corrected chi connectivity index (χ4v) is 2.38. The van der Waals surface area contributed by atoms with Crippen LogP contribution in [0.1, 0.15) is 11.7 Å². The van der Waals surface area contributed by atoms with E-state index in [4.69, 9.17) is 9.47 Å². The highest BCUT2D eigenvalue weighted by Gasteiger charge is 2.19. The Kier molecular flexibility index (Phi) is 3.13. The lowest BCUT2D eigenvalue weighted by Gasteiger charge is -2.25. The molecule has 1 atom stereocenters. The van der Waals surface area contributed by atoms with Crippen molar-refractivity contribution in [3.63, 3.8) is 0 Å². The number of fused-ring (bicyclic) bond motifs is 1. The zero-order valence-electron chi connectivity index (χ0n) is 10.3. The lowest BCUT2D eigenvalue weighted by atomic mass is 10.0. The van der Waals surface area contributed by atoms with Crippen LogP contribution in [0, 0.1) is 0 Å². The lowest BCUT2D eigenvalue weighted by Crippen LogP contribution is -2.33. The predicted octanol–water partition coefficient (Wildman–Crippen LogP) is 1.90. The minimum atomic E-state index is 0.0938. The van der Waals surface area contributed by atoms with E-state index in [-0.39, 0.29) is 6.10 Å². The molecule has 2 aromatic rings. The summed E-state index contributed by atoms with van der Waals surface area (Å²) in [6.45, 7) is 2.51. The van der Waals surface area contributed by atoms with Gasteiger partial charge < -0.3 is 14.8 Å². The van der Waals surface area contributed by atoms with Crippen LogP contribution in [-0.4, -0.2) is 31.8 Å². The van der Waals surface area contributed by atoms with Gasteiger partial charge in [0.2, 0.25) is 0 Å². The molecule has 0 aliphatic carbocycles. The summed E-state index contributed by atoms with van der Waals surface area (Å²) in [4.78, 5) is 4.41. The van der Waals surface area contributed by atoms with Gasteiger partial charge in [0.15, 0.2) is 0 Å². The van der Waals surface area contributed by atoms with Gasteiger partial charge in [-0.25, -0.2) is 0 Å². The smallest absolute Gasteiger partial charge is 0.145 e. The Labute approximate surface area is 106 Å². The van der Waals surface area contributed by atoms with E-state index in [1.165, 1.54) is 5.56 Å². The summed E-state index contributed by atoms with van der Waals surface area (Å²) >= 11 is 0. The Bertz CT molecular complexity index is 550. The molecular weight excluding hydrogens is 228 g/mol. The normalized spacial score (nSPS) is 19.9. The van der Waals surface area contributed by atoms with Gasteiger partial charge in [-0.1, -0.05) is 12.1 Å². The minimum absolute atomic E-state index is 0.0938. The summed E-state index contributed by atoms with van der Waals surface area (Å²) in [5.41, 5.74) is 2.07. The first-order chi connectivity index (χ1) is 8.90. The second-order valence-electron chi connectivity index (χ2n) is 4.32. The van der Waals surface area contributed by atoms with Crippen LogP contribution in [0.25, 0.3) is 10.9 Å². The van der Waals surface area contributed by atoms with Gasteiger partial charge in [0.1, 0.15) is 11.3 Å². The summed E-state index contributed by atoms with van der Waals surface area (Å²) in [5.74, 6) is 0.804. The molecule has 0 bridgehead atoms. The van der Waals surface area contributed by atoms with Crippen molar-refractivity contribution in [1.82, 2.24) is 10.3 Å². The Balaban J connectivity index is 2.12. The van der Waals surface area contributed by atoms with Crippen LogP contribution in [0.3, 0.4) is 0 Å². The van der Waals surface area contributed by atoms with E-state index in [1.807, 2.05) is 12.1 Å². The fourth-order valence-electron chi connectivity index (χ4n) is 2.38. The summed E-state index contributed by atoms with van der Waals surface area (Å²) in [6, 6.07) is 8.04. The maximum Gasteiger partial charge on any atom is 0.145 e. The molecule has 2 heterocycles. The molecule has 0 radical (unpaired) electrons. The molecule has 18 heavy (non-hydrogen) atoms. The molecule has 3 rings (SSSR count). The molecule has 1 aromatic carbocycles. The molecule has 4 nitrogen and oxygen atoms in total. The second kappa shape index (κ2) is 4.92. The average Bonchev–Trinajstić information content (AvgIpc) is 2.47. The molecule has 1 aliphatic heterocycles. The fraction of sp³-hybridized carbons (Fsp3) is 0.357. The Morgan fingerprint density at radius 2 is 2.33 bits per heavy atom. The summed E-state index contributed by atoms with van der Waals surface area (Å²) in [7, 11) is 1.67. The van der Waals surface area contributed by atoms with Crippen molar-refractivity contribution in [2.24, 2.45) is 0 Å². The second-order valence-corrected chi connectivity index (χ2v) is 4.32. The first kappa shape index (κ1) is 11.4. The number of pyridine rings is 1. The van der Waals surface area contributed by atoms with Gasteiger partial charge in [-0.15, -0.1) is 0 Å². The first-order valence-electron chi connectivity index (χ1n) is 6.14. The average molecular weight is 244 g/mol. The largest absolute Gasteiger partial charge is 0.494 e. The van der Waals surface area contributed by atoms with E-state index in [2.05, 4.69) is 22.4 Å². The third kappa shape index (κ3) is 1.94. The van der Waals surface area contributed by atoms with Crippen molar-refractivity contribution in [1.29, 1.82) is 0 Å². The van der Waals surface area contributed by atoms with Crippen LogP contribution >= 0.6 is 0 Å². The van der Waals surface area contributed by atoms with E-state index in [0.29, 0.717) is 0 Å². The first-order valence-corrected chi connectivity index (χ1v) is 6.14. The highest BCUT2D eigenvalue weighted by molar-refractivity contribution is 5.87. The van der Waals surface area contributed by atoms with E-state index in [1.54, 1.807) is 13.3 Å². The molecule has 1 N–H and O–H groups in total. The van der Waals surface area contributed by atoms with Gasteiger partial charge in [-0.05, 0) is 17.7 Å². The molecule has 0 saturated carbocycles. The third-order valence-corrected chi connectivity index (χ3v) is 3.26. The van der Waals surface area contributed by atoms with Crippen molar-refractivity contribution >= 4 is 10.9 Å². The lowest BCUT2D eigenvalue weighted by molar-refractivity contribution is 0.0286. The summed E-state index contributed by atoms with van der Waals surface area (Å²) in [6.07, 6.45) is 1.88. The Morgan fingerprint density at radius 1 is 1.39 bits per heavy atom. The van der Waals surface area contributed by atoms with Gasteiger partial charge in [-0.3, -0.25) is 4.98 Å². The van der Waals surface area contributed by atoms with E-state index in [9.17, 15) is 0 Å². The van der Waals surface area contributed by atoms with Crippen molar-refractivity contribution in [2.45, 2.75) is 6.10 Å². The molecule has 1 saturated heterocycles. The third-order valence-electron chi connectivity index (χ3n) is 3.26. The van der Waals surface area contributed by atoms with Crippen molar-refractivity contribution in [3.8, 4) is 5.75 Å². The number of hydrogen-bond donors (Lipinski definition) is 1. The Hall–Kier alpha value is -1.65. The highest BCUT2D eigenvalue weighted by Crippen LogP contribution is 2.31. The van der Waals surface area contributed by atoms with E-state index >= 15 is 0 Å². The van der Waals surface area contributed by atoms with Crippen molar-refractivity contribution in [3.05, 3.63) is 36.0 Å². The zero-order chi connectivity index (χ0) is 12.4. The number of ether oxygens (including phenoxy) is 2. The number of nitrogens with one attached hydrogen (secondary N) is 1. The molecule has 94 valence electrons. The zero-order valence-corrected chi connectivity index (χ0v) is 10.3. The topological polar surface area (TPSA) is 43.4 Å².